The fourth-order valence-electron chi connectivity index (χ4n) is 2.16. The highest BCUT2D eigenvalue weighted by molar-refractivity contribution is 5.43. The number of hydrogen-bond acceptors (Lipinski definition) is 3. The van der Waals surface area contributed by atoms with Crippen molar-refractivity contribution in [1.82, 2.24) is 4.98 Å². The topological polar surface area (TPSA) is 36.4 Å². The van der Waals surface area contributed by atoms with E-state index in [1.165, 1.54) is 5.56 Å². The molecular formula is C17H22N2O. The van der Waals surface area contributed by atoms with Gasteiger partial charge in [-0.15, -0.1) is 0 Å². The number of aliphatic hydroxyl groups is 1. The third-order valence-corrected chi connectivity index (χ3v) is 3.37. The summed E-state index contributed by atoms with van der Waals surface area (Å²) in [6.45, 7) is 6.89. The van der Waals surface area contributed by atoms with E-state index in [1.807, 2.05) is 30.3 Å². The lowest BCUT2D eigenvalue weighted by atomic mass is 10.1. The van der Waals surface area contributed by atoms with Crippen molar-refractivity contribution < 1.29 is 5.11 Å². The highest BCUT2D eigenvalue weighted by Gasteiger charge is 2.14. The zero-order valence-corrected chi connectivity index (χ0v) is 12.3. The van der Waals surface area contributed by atoms with Crippen LogP contribution in [0.2, 0.25) is 0 Å². The van der Waals surface area contributed by atoms with Gasteiger partial charge in [-0.3, -0.25) is 0 Å². The zero-order valence-electron chi connectivity index (χ0n) is 12.3. The summed E-state index contributed by atoms with van der Waals surface area (Å²) in [4.78, 5) is 6.69. The molecule has 3 heteroatoms. The van der Waals surface area contributed by atoms with E-state index in [0.29, 0.717) is 6.04 Å². The summed E-state index contributed by atoms with van der Waals surface area (Å²) >= 11 is 0. The lowest BCUT2D eigenvalue weighted by Crippen LogP contribution is -2.31. The van der Waals surface area contributed by atoms with Crippen molar-refractivity contribution in [3.8, 4) is 0 Å². The molecular weight excluding hydrogens is 248 g/mol. The fraction of sp³-hybridized carbons (Fsp3) is 0.353. The fourth-order valence-corrected chi connectivity index (χ4v) is 2.16. The molecule has 2 rings (SSSR count). The van der Waals surface area contributed by atoms with Crippen molar-refractivity contribution >= 4 is 5.82 Å². The molecule has 1 aromatic heterocycles. The standard InChI is InChI=1S/C17H22N2O/c1-13(2)19(12-15-7-5-4-6-8-15)17-11-16(14(3)20)9-10-18-17/h4-11,13-14,20H,12H2,1-3H3/t14-/m1/s1. The van der Waals surface area contributed by atoms with E-state index in [2.05, 4.69) is 35.9 Å². The smallest absolute Gasteiger partial charge is 0.129 e. The van der Waals surface area contributed by atoms with Crippen molar-refractivity contribution in [3.05, 3.63) is 59.8 Å². The number of aliphatic hydroxyl groups excluding tert-OH is 1. The van der Waals surface area contributed by atoms with Crippen LogP contribution in [0.25, 0.3) is 0 Å². The van der Waals surface area contributed by atoms with Gasteiger partial charge in [-0.05, 0) is 44.0 Å². The van der Waals surface area contributed by atoms with Gasteiger partial charge in [0.15, 0.2) is 0 Å². The largest absolute Gasteiger partial charge is 0.389 e. The van der Waals surface area contributed by atoms with Gasteiger partial charge in [-0.2, -0.15) is 0 Å². The minimum Gasteiger partial charge on any atom is -0.389 e. The van der Waals surface area contributed by atoms with Gasteiger partial charge in [0.05, 0.1) is 6.10 Å². The lowest BCUT2D eigenvalue weighted by Gasteiger charge is -2.28. The Hall–Kier alpha value is -1.87. The summed E-state index contributed by atoms with van der Waals surface area (Å²) in [5.74, 6) is 0.905. The van der Waals surface area contributed by atoms with Gasteiger partial charge in [-0.1, -0.05) is 30.3 Å². The summed E-state index contributed by atoms with van der Waals surface area (Å²) in [6.07, 6.45) is 1.29. The lowest BCUT2D eigenvalue weighted by molar-refractivity contribution is 0.199. The van der Waals surface area contributed by atoms with Crippen molar-refractivity contribution in [3.63, 3.8) is 0 Å². The maximum Gasteiger partial charge on any atom is 0.129 e. The van der Waals surface area contributed by atoms with Crippen LogP contribution in [0.15, 0.2) is 48.7 Å². The van der Waals surface area contributed by atoms with Gasteiger partial charge in [-0.25, -0.2) is 4.98 Å². The van der Waals surface area contributed by atoms with Crippen LogP contribution in [0.4, 0.5) is 5.82 Å². The van der Waals surface area contributed by atoms with Crippen molar-refractivity contribution in [2.75, 3.05) is 4.90 Å². The number of anilines is 1. The molecule has 0 aliphatic carbocycles. The molecule has 0 spiro atoms. The molecule has 1 heterocycles. The second-order valence-electron chi connectivity index (χ2n) is 5.33. The number of nitrogens with zero attached hydrogens (tertiary/aromatic N) is 2. The molecule has 0 fully saturated rings. The molecule has 1 N–H and O–H groups in total. The summed E-state index contributed by atoms with van der Waals surface area (Å²) in [7, 11) is 0. The minimum absolute atomic E-state index is 0.340. The highest BCUT2D eigenvalue weighted by atomic mass is 16.3. The first-order valence-electron chi connectivity index (χ1n) is 7.02. The molecule has 0 saturated carbocycles. The third-order valence-electron chi connectivity index (χ3n) is 3.37. The van der Waals surface area contributed by atoms with Crippen LogP contribution in [0, 0.1) is 0 Å². The first kappa shape index (κ1) is 14.5. The maximum absolute atomic E-state index is 9.71. The first-order valence-corrected chi connectivity index (χ1v) is 7.02. The number of aromatic nitrogens is 1. The molecule has 106 valence electrons. The Labute approximate surface area is 120 Å². The van der Waals surface area contributed by atoms with Crippen molar-refractivity contribution in [2.45, 2.75) is 39.5 Å². The number of hydrogen-bond donors (Lipinski definition) is 1. The van der Waals surface area contributed by atoms with Crippen molar-refractivity contribution in [1.29, 1.82) is 0 Å². The van der Waals surface area contributed by atoms with E-state index in [9.17, 15) is 5.11 Å². The Balaban J connectivity index is 2.27. The van der Waals surface area contributed by atoms with Gasteiger partial charge in [0.1, 0.15) is 5.82 Å². The van der Waals surface area contributed by atoms with E-state index in [-0.39, 0.29) is 0 Å². The summed E-state index contributed by atoms with van der Waals surface area (Å²) in [6, 6.07) is 14.5. The Kier molecular flexibility index (Phi) is 4.74. The summed E-state index contributed by atoms with van der Waals surface area (Å²) < 4.78 is 0. The quantitative estimate of drug-likeness (QED) is 0.902. The SMILES string of the molecule is CC(C)N(Cc1ccccc1)c1cc([C@@H](C)O)ccn1. The molecule has 0 amide bonds. The summed E-state index contributed by atoms with van der Waals surface area (Å²) in [5, 5.41) is 9.71. The van der Waals surface area contributed by atoms with E-state index in [1.54, 1.807) is 13.1 Å². The Morgan fingerprint density at radius 1 is 1.10 bits per heavy atom. The molecule has 0 radical (unpaired) electrons. The molecule has 1 aromatic carbocycles. The van der Waals surface area contributed by atoms with E-state index in [4.69, 9.17) is 0 Å². The van der Waals surface area contributed by atoms with Crippen LogP contribution in [-0.4, -0.2) is 16.1 Å². The van der Waals surface area contributed by atoms with Gasteiger partial charge >= 0.3 is 0 Å². The second-order valence-corrected chi connectivity index (χ2v) is 5.33. The van der Waals surface area contributed by atoms with E-state index in [0.717, 1.165) is 17.9 Å². The van der Waals surface area contributed by atoms with Gasteiger partial charge < -0.3 is 10.0 Å². The molecule has 3 nitrogen and oxygen atoms in total. The Morgan fingerprint density at radius 3 is 2.40 bits per heavy atom. The maximum atomic E-state index is 9.71. The number of pyridine rings is 1. The van der Waals surface area contributed by atoms with E-state index >= 15 is 0 Å². The van der Waals surface area contributed by atoms with Crippen LogP contribution in [0.3, 0.4) is 0 Å². The minimum atomic E-state index is -0.470. The van der Waals surface area contributed by atoms with Crippen LogP contribution >= 0.6 is 0 Å². The van der Waals surface area contributed by atoms with E-state index < -0.39 is 6.10 Å². The Morgan fingerprint density at radius 2 is 1.80 bits per heavy atom. The van der Waals surface area contributed by atoms with Crippen LogP contribution in [0.5, 0.6) is 0 Å². The second kappa shape index (κ2) is 6.53. The highest BCUT2D eigenvalue weighted by Crippen LogP contribution is 2.21. The number of rotatable bonds is 5. The molecule has 20 heavy (non-hydrogen) atoms. The number of benzene rings is 1. The van der Waals surface area contributed by atoms with Crippen LogP contribution in [0.1, 0.15) is 38.0 Å². The molecule has 2 aromatic rings. The molecule has 0 bridgehead atoms. The third kappa shape index (κ3) is 3.58. The molecule has 0 aliphatic rings. The Bertz CT molecular complexity index is 538. The van der Waals surface area contributed by atoms with Gasteiger partial charge in [0.2, 0.25) is 0 Å². The molecule has 0 aliphatic heterocycles. The zero-order chi connectivity index (χ0) is 14.5. The van der Waals surface area contributed by atoms with Gasteiger partial charge in [0.25, 0.3) is 0 Å². The molecule has 0 unspecified atom stereocenters. The normalized spacial score (nSPS) is 12.4. The average Bonchev–Trinajstić information content (AvgIpc) is 2.45. The van der Waals surface area contributed by atoms with Gasteiger partial charge in [0, 0.05) is 18.8 Å². The van der Waals surface area contributed by atoms with Crippen LogP contribution < -0.4 is 4.90 Å². The molecule has 0 saturated heterocycles. The van der Waals surface area contributed by atoms with Crippen LogP contribution in [-0.2, 0) is 6.54 Å². The molecule has 1 atom stereocenters. The monoisotopic (exact) mass is 270 g/mol. The predicted octanol–water partition coefficient (Wildman–Crippen LogP) is 3.55. The average molecular weight is 270 g/mol. The first-order chi connectivity index (χ1) is 9.58. The predicted molar refractivity (Wildman–Crippen MR) is 82.6 cm³/mol. The van der Waals surface area contributed by atoms with Crippen molar-refractivity contribution in [2.24, 2.45) is 0 Å². The summed E-state index contributed by atoms with van der Waals surface area (Å²) in [5.41, 5.74) is 2.15.